The molecule has 0 unspecified atom stereocenters. The minimum Gasteiger partial charge on any atom is -0.398 e. The van der Waals surface area contributed by atoms with E-state index in [2.05, 4.69) is 54.4 Å². The fourth-order valence-corrected chi connectivity index (χ4v) is 2.50. The Bertz CT molecular complexity index is 562. The van der Waals surface area contributed by atoms with Crippen LogP contribution in [0.15, 0.2) is 48.5 Å². The van der Waals surface area contributed by atoms with Crippen LogP contribution in [-0.4, -0.2) is 31.1 Å². The van der Waals surface area contributed by atoms with Crippen LogP contribution in [0.5, 0.6) is 0 Å². The smallest absolute Gasteiger partial charge is 0.0421 e. The summed E-state index contributed by atoms with van der Waals surface area (Å²) in [4.78, 5) is 2.41. The number of rotatable bonds is 7. The van der Waals surface area contributed by atoms with Crippen molar-refractivity contribution in [1.29, 1.82) is 0 Å². The van der Waals surface area contributed by atoms with E-state index < -0.39 is 0 Å². The quantitative estimate of drug-likeness (QED) is 0.761. The van der Waals surface area contributed by atoms with E-state index in [0.717, 1.165) is 48.7 Å². The Labute approximate surface area is 127 Å². The molecule has 0 aliphatic heterocycles. The van der Waals surface area contributed by atoms with Crippen molar-refractivity contribution >= 4 is 11.4 Å². The third kappa shape index (κ3) is 3.99. The van der Waals surface area contributed by atoms with Crippen LogP contribution in [-0.2, 0) is 0 Å². The molecule has 0 amide bonds. The van der Waals surface area contributed by atoms with Gasteiger partial charge in [0.15, 0.2) is 0 Å². The number of nitrogens with one attached hydrogen (secondary N) is 1. The van der Waals surface area contributed by atoms with Crippen LogP contribution in [0, 0.1) is 0 Å². The maximum atomic E-state index is 6.11. The normalized spacial score (nSPS) is 10.8. The molecule has 0 atom stereocenters. The number of nitrogen functional groups attached to an aromatic ring is 1. The Morgan fingerprint density at radius 2 is 1.52 bits per heavy atom. The zero-order valence-corrected chi connectivity index (χ0v) is 13.0. The first-order chi connectivity index (χ1) is 10.3. The summed E-state index contributed by atoms with van der Waals surface area (Å²) in [7, 11) is 0. The highest BCUT2D eigenvalue weighted by Gasteiger charge is 2.07. The van der Waals surface area contributed by atoms with Crippen molar-refractivity contribution in [3.8, 4) is 11.1 Å². The minimum atomic E-state index is 0.815. The Balaban J connectivity index is 2.13. The largest absolute Gasteiger partial charge is 0.398 e. The second-order valence-electron chi connectivity index (χ2n) is 5.09. The van der Waals surface area contributed by atoms with Crippen LogP contribution < -0.4 is 11.1 Å². The maximum absolute atomic E-state index is 6.11. The molecule has 3 heteroatoms. The number of nitrogens with zero attached hydrogens (tertiary/aromatic N) is 1. The second-order valence-corrected chi connectivity index (χ2v) is 5.09. The van der Waals surface area contributed by atoms with E-state index in [1.54, 1.807) is 0 Å². The van der Waals surface area contributed by atoms with Gasteiger partial charge in [-0.15, -0.1) is 0 Å². The summed E-state index contributed by atoms with van der Waals surface area (Å²) in [5.74, 6) is 0. The monoisotopic (exact) mass is 283 g/mol. The maximum Gasteiger partial charge on any atom is 0.0421 e. The summed E-state index contributed by atoms with van der Waals surface area (Å²) in [6, 6.07) is 16.4. The predicted octanol–water partition coefficient (Wildman–Crippen LogP) is 3.69. The average Bonchev–Trinajstić information content (AvgIpc) is 2.53. The molecule has 2 aromatic rings. The third-order valence-corrected chi connectivity index (χ3v) is 3.82. The van der Waals surface area contributed by atoms with Gasteiger partial charge in [0.1, 0.15) is 0 Å². The Morgan fingerprint density at radius 3 is 2.19 bits per heavy atom. The Hall–Kier alpha value is -2.00. The van der Waals surface area contributed by atoms with Crippen molar-refractivity contribution in [3.63, 3.8) is 0 Å². The third-order valence-electron chi connectivity index (χ3n) is 3.82. The van der Waals surface area contributed by atoms with Crippen LogP contribution in [0.25, 0.3) is 11.1 Å². The molecule has 0 saturated heterocycles. The van der Waals surface area contributed by atoms with Crippen molar-refractivity contribution in [2.45, 2.75) is 13.8 Å². The van der Waals surface area contributed by atoms with E-state index in [4.69, 9.17) is 5.73 Å². The standard InChI is InChI=1S/C18H25N3/c1-3-21(4-2)14-13-20-18-12-8-6-10-16(18)15-9-5-7-11-17(15)19/h5-12,20H,3-4,13-14,19H2,1-2H3. The SMILES string of the molecule is CCN(CC)CCNc1ccccc1-c1ccccc1N. The molecule has 0 aliphatic carbocycles. The van der Waals surface area contributed by atoms with Gasteiger partial charge in [-0.25, -0.2) is 0 Å². The molecule has 0 spiro atoms. The van der Waals surface area contributed by atoms with Gasteiger partial charge in [-0.05, 0) is 25.2 Å². The summed E-state index contributed by atoms with van der Waals surface area (Å²) in [5.41, 5.74) is 10.3. The molecule has 112 valence electrons. The summed E-state index contributed by atoms with van der Waals surface area (Å²) < 4.78 is 0. The molecular formula is C18H25N3. The summed E-state index contributed by atoms with van der Waals surface area (Å²) in [5, 5.41) is 3.54. The molecule has 0 radical (unpaired) electrons. The number of para-hydroxylation sites is 2. The van der Waals surface area contributed by atoms with Crippen LogP contribution >= 0.6 is 0 Å². The lowest BCUT2D eigenvalue weighted by atomic mass is 10.0. The Kier molecular flexibility index (Phi) is 5.64. The van der Waals surface area contributed by atoms with E-state index in [1.807, 2.05) is 18.2 Å². The van der Waals surface area contributed by atoms with E-state index in [0.29, 0.717) is 0 Å². The molecule has 0 saturated carbocycles. The molecule has 21 heavy (non-hydrogen) atoms. The minimum absolute atomic E-state index is 0.815. The Morgan fingerprint density at radius 1 is 0.905 bits per heavy atom. The fourth-order valence-electron chi connectivity index (χ4n) is 2.50. The molecule has 0 fully saturated rings. The average molecular weight is 283 g/mol. The zero-order chi connectivity index (χ0) is 15.1. The van der Waals surface area contributed by atoms with Gasteiger partial charge in [0.25, 0.3) is 0 Å². The lowest BCUT2D eigenvalue weighted by molar-refractivity contribution is 0.316. The van der Waals surface area contributed by atoms with E-state index in [9.17, 15) is 0 Å². The van der Waals surface area contributed by atoms with Gasteiger partial charge in [-0.2, -0.15) is 0 Å². The molecule has 3 nitrogen and oxygen atoms in total. The molecule has 0 heterocycles. The van der Waals surface area contributed by atoms with Crippen LogP contribution in [0.3, 0.4) is 0 Å². The second kappa shape index (κ2) is 7.70. The van der Waals surface area contributed by atoms with Crippen molar-refractivity contribution in [2.24, 2.45) is 0 Å². The summed E-state index contributed by atoms with van der Waals surface area (Å²) in [6.45, 7) is 8.55. The zero-order valence-electron chi connectivity index (χ0n) is 13.0. The van der Waals surface area contributed by atoms with Crippen molar-refractivity contribution in [1.82, 2.24) is 4.90 Å². The summed E-state index contributed by atoms with van der Waals surface area (Å²) >= 11 is 0. The van der Waals surface area contributed by atoms with Crippen LogP contribution in [0.2, 0.25) is 0 Å². The predicted molar refractivity (Wildman–Crippen MR) is 92.6 cm³/mol. The summed E-state index contributed by atoms with van der Waals surface area (Å²) in [6.07, 6.45) is 0. The fraction of sp³-hybridized carbons (Fsp3) is 0.333. The number of nitrogens with two attached hydrogens (primary N) is 1. The number of anilines is 2. The van der Waals surface area contributed by atoms with Gasteiger partial charge in [0.05, 0.1) is 0 Å². The topological polar surface area (TPSA) is 41.3 Å². The molecule has 2 aromatic carbocycles. The molecule has 0 bridgehead atoms. The highest BCUT2D eigenvalue weighted by molar-refractivity contribution is 5.85. The molecule has 0 aliphatic rings. The van der Waals surface area contributed by atoms with Crippen molar-refractivity contribution in [2.75, 3.05) is 37.2 Å². The highest BCUT2D eigenvalue weighted by atomic mass is 15.1. The first-order valence-corrected chi connectivity index (χ1v) is 7.66. The van der Waals surface area contributed by atoms with E-state index >= 15 is 0 Å². The first-order valence-electron chi connectivity index (χ1n) is 7.66. The first kappa shape index (κ1) is 15.4. The van der Waals surface area contributed by atoms with E-state index in [1.165, 1.54) is 0 Å². The van der Waals surface area contributed by atoms with E-state index in [-0.39, 0.29) is 0 Å². The molecule has 2 rings (SSSR count). The number of benzene rings is 2. The van der Waals surface area contributed by atoms with Gasteiger partial charge in [0, 0.05) is 35.6 Å². The molecule has 0 aromatic heterocycles. The van der Waals surface area contributed by atoms with Gasteiger partial charge in [-0.3, -0.25) is 0 Å². The lowest BCUT2D eigenvalue weighted by Crippen LogP contribution is -2.28. The van der Waals surface area contributed by atoms with Crippen LogP contribution in [0.4, 0.5) is 11.4 Å². The highest BCUT2D eigenvalue weighted by Crippen LogP contribution is 2.31. The van der Waals surface area contributed by atoms with Crippen molar-refractivity contribution < 1.29 is 0 Å². The number of likely N-dealkylation sites (N-methyl/N-ethyl adjacent to an activating group) is 1. The lowest BCUT2D eigenvalue weighted by Gasteiger charge is -2.19. The van der Waals surface area contributed by atoms with Crippen molar-refractivity contribution in [3.05, 3.63) is 48.5 Å². The number of hydrogen-bond donors (Lipinski definition) is 2. The molecule has 3 N–H and O–H groups in total. The van der Waals surface area contributed by atoms with Gasteiger partial charge in [0.2, 0.25) is 0 Å². The van der Waals surface area contributed by atoms with Gasteiger partial charge >= 0.3 is 0 Å². The van der Waals surface area contributed by atoms with Gasteiger partial charge in [-0.1, -0.05) is 50.2 Å². The van der Waals surface area contributed by atoms with Crippen LogP contribution in [0.1, 0.15) is 13.8 Å². The molecular weight excluding hydrogens is 258 g/mol. The van der Waals surface area contributed by atoms with Gasteiger partial charge < -0.3 is 16.0 Å². The number of hydrogen-bond acceptors (Lipinski definition) is 3.